The van der Waals surface area contributed by atoms with Crippen LogP contribution in [0.15, 0.2) is 18.2 Å². The third kappa shape index (κ3) is 1.76. The molecular weight excluding hydrogens is 314 g/mol. The number of hydrogen-bond donors (Lipinski definition) is 1. The molecule has 0 aliphatic heterocycles. The number of benzene rings is 1. The molecule has 23 heavy (non-hydrogen) atoms. The largest absolute Gasteiger partial charge is 0.325 e. The lowest BCUT2D eigenvalue weighted by atomic mass is 9.64. The van der Waals surface area contributed by atoms with E-state index in [9.17, 15) is 14.4 Å². The number of ketones is 2. The molecule has 2 aliphatic carbocycles. The van der Waals surface area contributed by atoms with Crippen molar-refractivity contribution in [3.05, 3.63) is 28.8 Å². The van der Waals surface area contributed by atoms with Gasteiger partial charge >= 0.3 is 0 Å². The predicted molar refractivity (Wildman–Crippen MR) is 88.4 cm³/mol. The number of Topliss-reactive ketones (excluding diaryl/α,β-unsaturated/α-hetero) is 2. The van der Waals surface area contributed by atoms with Crippen molar-refractivity contribution in [2.24, 2.45) is 16.2 Å². The van der Waals surface area contributed by atoms with Gasteiger partial charge in [0, 0.05) is 16.1 Å². The van der Waals surface area contributed by atoms with Crippen LogP contribution in [0.25, 0.3) is 0 Å². The van der Waals surface area contributed by atoms with E-state index in [1.807, 2.05) is 20.8 Å². The van der Waals surface area contributed by atoms with Gasteiger partial charge in [0.25, 0.3) is 0 Å². The second-order valence-electron chi connectivity index (χ2n) is 7.43. The van der Waals surface area contributed by atoms with Crippen molar-refractivity contribution >= 4 is 34.8 Å². The lowest BCUT2D eigenvalue weighted by molar-refractivity contribution is -0.147. The van der Waals surface area contributed by atoms with Crippen molar-refractivity contribution in [1.29, 1.82) is 0 Å². The van der Waals surface area contributed by atoms with Crippen LogP contribution in [0.3, 0.4) is 0 Å². The molecule has 0 spiro atoms. The van der Waals surface area contributed by atoms with Crippen LogP contribution in [0.2, 0.25) is 5.02 Å². The molecule has 0 radical (unpaired) electrons. The van der Waals surface area contributed by atoms with E-state index in [0.29, 0.717) is 23.6 Å². The number of anilines is 1. The van der Waals surface area contributed by atoms with Crippen LogP contribution in [0, 0.1) is 23.2 Å². The minimum atomic E-state index is -1.28. The molecule has 2 fully saturated rings. The summed E-state index contributed by atoms with van der Waals surface area (Å²) in [5, 5.41) is 3.35. The molecule has 3 rings (SSSR count). The summed E-state index contributed by atoms with van der Waals surface area (Å²) in [5.41, 5.74) is -1.31. The van der Waals surface area contributed by atoms with Gasteiger partial charge in [-0.2, -0.15) is 0 Å². The van der Waals surface area contributed by atoms with E-state index < -0.39 is 33.7 Å². The zero-order valence-electron chi connectivity index (χ0n) is 13.7. The van der Waals surface area contributed by atoms with Gasteiger partial charge < -0.3 is 5.32 Å². The average molecular weight is 334 g/mol. The molecule has 122 valence electrons. The maximum atomic E-state index is 13.0. The second-order valence-corrected chi connectivity index (χ2v) is 7.87. The van der Waals surface area contributed by atoms with Crippen molar-refractivity contribution < 1.29 is 14.4 Å². The van der Waals surface area contributed by atoms with Crippen molar-refractivity contribution in [3.8, 4) is 0 Å². The van der Waals surface area contributed by atoms with E-state index >= 15 is 0 Å². The van der Waals surface area contributed by atoms with Crippen molar-refractivity contribution in [2.45, 2.75) is 40.5 Å². The van der Waals surface area contributed by atoms with E-state index in [1.165, 1.54) is 0 Å². The Labute approximate surface area is 140 Å². The molecule has 2 bridgehead atoms. The fourth-order valence-electron chi connectivity index (χ4n) is 4.23. The van der Waals surface area contributed by atoms with E-state index in [2.05, 4.69) is 5.32 Å². The fourth-order valence-corrected chi connectivity index (χ4v) is 4.40. The first-order chi connectivity index (χ1) is 10.6. The van der Waals surface area contributed by atoms with Crippen LogP contribution < -0.4 is 5.32 Å². The van der Waals surface area contributed by atoms with Crippen molar-refractivity contribution in [1.82, 2.24) is 0 Å². The lowest BCUT2D eigenvalue weighted by Gasteiger charge is -2.37. The first-order valence-corrected chi connectivity index (χ1v) is 8.12. The molecule has 1 N–H and O–H groups in total. The van der Waals surface area contributed by atoms with Crippen LogP contribution in [-0.4, -0.2) is 17.5 Å². The smallest absolute Gasteiger partial charge is 0.239 e. The monoisotopic (exact) mass is 333 g/mol. The Hall–Kier alpha value is -1.68. The Balaban J connectivity index is 2.04. The highest BCUT2D eigenvalue weighted by atomic mass is 35.5. The molecule has 1 aromatic rings. The maximum Gasteiger partial charge on any atom is 0.239 e. The van der Waals surface area contributed by atoms with Crippen LogP contribution in [0.5, 0.6) is 0 Å². The van der Waals surface area contributed by atoms with Gasteiger partial charge in [0.1, 0.15) is 5.41 Å². The minimum absolute atomic E-state index is 0.396. The highest BCUT2D eigenvalue weighted by Gasteiger charge is 2.77. The summed E-state index contributed by atoms with van der Waals surface area (Å²) in [4.78, 5) is 38.1. The molecular formula is C18H20ClNO3. The Morgan fingerprint density at radius 3 is 2.35 bits per heavy atom. The summed E-state index contributed by atoms with van der Waals surface area (Å²) in [5.74, 6) is -1.35. The number of amides is 1. The number of carbonyl (C=O) groups excluding carboxylic acids is 3. The van der Waals surface area contributed by atoms with E-state index in [0.717, 1.165) is 5.56 Å². The Kier molecular flexibility index (Phi) is 3.28. The molecule has 0 saturated heterocycles. The second kappa shape index (κ2) is 4.67. The highest BCUT2D eigenvalue weighted by Crippen LogP contribution is 2.69. The number of halogens is 1. The van der Waals surface area contributed by atoms with Crippen molar-refractivity contribution in [2.75, 3.05) is 5.32 Å². The Morgan fingerprint density at radius 1 is 1.13 bits per heavy atom. The Morgan fingerprint density at radius 2 is 1.78 bits per heavy atom. The summed E-state index contributed by atoms with van der Waals surface area (Å²) in [6.45, 7) is 7.37. The number of hydrogen-bond acceptors (Lipinski definition) is 3. The third-order valence-corrected chi connectivity index (χ3v) is 6.61. The van der Waals surface area contributed by atoms with E-state index in [4.69, 9.17) is 11.6 Å². The maximum absolute atomic E-state index is 13.0. The number of nitrogens with one attached hydrogen (secondary N) is 1. The predicted octanol–water partition coefficient (Wildman–Crippen LogP) is 3.55. The van der Waals surface area contributed by atoms with Gasteiger partial charge in [-0.15, -0.1) is 0 Å². The van der Waals surface area contributed by atoms with Crippen LogP contribution in [0.1, 0.15) is 39.2 Å². The first kappa shape index (κ1) is 16.2. The van der Waals surface area contributed by atoms with Crippen molar-refractivity contribution in [3.63, 3.8) is 0 Å². The fraction of sp³-hybridized carbons (Fsp3) is 0.500. The van der Waals surface area contributed by atoms with Gasteiger partial charge in [0.05, 0.1) is 0 Å². The summed E-state index contributed by atoms with van der Waals surface area (Å²) in [6, 6.07) is 5.21. The van der Waals surface area contributed by atoms with Gasteiger partial charge in [0.2, 0.25) is 17.5 Å². The molecule has 1 amide bonds. The summed E-state index contributed by atoms with van der Waals surface area (Å²) < 4.78 is 0. The Bertz CT molecular complexity index is 755. The topological polar surface area (TPSA) is 63.2 Å². The number of aryl methyl sites for hydroxylation is 1. The first-order valence-electron chi connectivity index (χ1n) is 7.75. The van der Waals surface area contributed by atoms with E-state index in [1.54, 1.807) is 25.1 Å². The van der Waals surface area contributed by atoms with Gasteiger partial charge in [-0.3, -0.25) is 14.4 Å². The molecule has 2 atom stereocenters. The van der Waals surface area contributed by atoms with E-state index in [-0.39, 0.29) is 0 Å². The molecule has 2 unspecified atom stereocenters. The zero-order valence-corrected chi connectivity index (χ0v) is 14.5. The lowest BCUT2D eigenvalue weighted by Crippen LogP contribution is -2.47. The molecule has 1 aromatic carbocycles. The molecule has 0 aromatic heterocycles. The quantitative estimate of drug-likeness (QED) is 0.665. The summed E-state index contributed by atoms with van der Waals surface area (Å²) in [6.07, 6.45) is 0.971. The normalized spacial score (nSPS) is 31.5. The molecule has 4 nitrogen and oxygen atoms in total. The molecule has 5 heteroatoms. The third-order valence-electron chi connectivity index (χ3n) is 6.38. The summed E-state index contributed by atoms with van der Waals surface area (Å²) >= 11 is 5.99. The number of carbonyl (C=O) groups is 3. The highest BCUT2D eigenvalue weighted by molar-refractivity contribution is 6.49. The summed E-state index contributed by atoms with van der Waals surface area (Å²) in [7, 11) is 0. The van der Waals surface area contributed by atoms with Gasteiger partial charge in [-0.05, 0) is 42.9 Å². The molecule has 2 saturated carbocycles. The van der Waals surface area contributed by atoms with Crippen LogP contribution >= 0.6 is 11.6 Å². The SMILES string of the molecule is Cc1ccc(Cl)cc1NC(=O)C12CCC(C)(C(=O)C1=O)C2(C)C. The zero-order chi connectivity index (χ0) is 17.2. The van der Waals surface area contributed by atoms with Crippen LogP contribution in [0.4, 0.5) is 5.69 Å². The molecule has 2 aliphatic rings. The van der Waals surface area contributed by atoms with Gasteiger partial charge in [0.15, 0.2) is 0 Å². The molecule has 0 heterocycles. The minimum Gasteiger partial charge on any atom is -0.325 e. The van der Waals surface area contributed by atoms with Crippen LogP contribution in [-0.2, 0) is 14.4 Å². The average Bonchev–Trinajstić information content (AvgIpc) is 2.75. The standard InChI is InChI=1S/C18H20ClNO3/c1-10-5-6-11(19)9-12(10)20-15(23)18-8-7-17(4,16(18,2)3)13(21)14(18)22/h5-6,9H,7-8H2,1-4H3,(H,20,23). The number of fused-ring (bicyclic) bond motifs is 2. The number of rotatable bonds is 2. The van der Waals surface area contributed by atoms with Gasteiger partial charge in [-0.1, -0.05) is 38.4 Å². The van der Waals surface area contributed by atoms with Gasteiger partial charge in [-0.25, -0.2) is 0 Å².